The second-order valence-corrected chi connectivity index (χ2v) is 7.09. The van der Waals surface area contributed by atoms with Crippen molar-refractivity contribution in [1.82, 2.24) is 15.0 Å². The number of aryl methyl sites for hydroxylation is 1. The number of rotatable bonds is 2. The van der Waals surface area contributed by atoms with E-state index in [2.05, 4.69) is 15.0 Å². The second-order valence-electron chi connectivity index (χ2n) is 6.68. The average Bonchev–Trinajstić information content (AvgIpc) is 3.04. The van der Waals surface area contributed by atoms with Gasteiger partial charge in [0.2, 0.25) is 0 Å². The summed E-state index contributed by atoms with van der Waals surface area (Å²) >= 11 is 6.34. The number of nitrogens with one attached hydrogen (secondary N) is 1. The van der Waals surface area contributed by atoms with Crippen LogP contribution in [-0.4, -0.2) is 27.2 Å². The number of benzene rings is 1. The van der Waals surface area contributed by atoms with Gasteiger partial charge < -0.3 is 9.88 Å². The molecule has 4 nitrogen and oxygen atoms in total. The Kier molecular flexibility index (Phi) is 4.42. The Bertz CT molecular complexity index is 1110. The molecule has 1 aliphatic heterocycles. The summed E-state index contributed by atoms with van der Waals surface area (Å²) in [4.78, 5) is 13.1. The molecule has 2 aromatic heterocycles. The molecular formula is C20H16ClF3N4. The number of fused-ring (bicyclic) bond motifs is 1. The highest BCUT2D eigenvalue weighted by Crippen LogP contribution is 2.39. The van der Waals surface area contributed by atoms with Crippen LogP contribution in [0.2, 0.25) is 5.02 Å². The van der Waals surface area contributed by atoms with E-state index < -0.39 is 17.9 Å². The molecule has 0 radical (unpaired) electrons. The molecule has 1 unspecified atom stereocenters. The molecule has 3 heterocycles. The number of halogens is 4. The third-order valence-corrected chi connectivity index (χ3v) is 4.89. The molecule has 144 valence electrons. The summed E-state index contributed by atoms with van der Waals surface area (Å²) in [5, 5.41) is 0.386. The van der Waals surface area contributed by atoms with Gasteiger partial charge in [0.05, 0.1) is 10.5 Å². The SMILES string of the molecule is Cc1cnc2nc(-c3cc(N4C(C(F)(F)F)=CC=CC4C)ccc3Cl)[nH]c2c1. The first-order chi connectivity index (χ1) is 13.2. The summed E-state index contributed by atoms with van der Waals surface area (Å²) in [6.07, 6.45) is 1.43. The third kappa shape index (κ3) is 3.26. The molecule has 0 amide bonds. The van der Waals surface area contributed by atoms with E-state index in [0.717, 1.165) is 17.2 Å². The molecule has 0 spiro atoms. The Morgan fingerprint density at radius 2 is 2.00 bits per heavy atom. The lowest BCUT2D eigenvalue weighted by Gasteiger charge is -2.34. The summed E-state index contributed by atoms with van der Waals surface area (Å²) in [6.45, 7) is 3.62. The minimum Gasteiger partial charge on any atom is -0.337 e. The number of pyridine rings is 1. The van der Waals surface area contributed by atoms with Crippen LogP contribution in [0.15, 0.2) is 54.4 Å². The Morgan fingerprint density at radius 3 is 2.75 bits per heavy atom. The van der Waals surface area contributed by atoms with E-state index in [1.165, 1.54) is 11.0 Å². The van der Waals surface area contributed by atoms with Crippen molar-refractivity contribution in [2.45, 2.75) is 26.1 Å². The van der Waals surface area contributed by atoms with Gasteiger partial charge in [-0.05, 0) is 49.8 Å². The van der Waals surface area contributed by atoms with Crippen molar-refractivity contribution in [2.75, 3.05) is 4.90 Å². The number of imidazole rings is 1. The van der Waals surface area contributed by atoms with Gasteiger partial charge in [0.15, 0.2) is 5.65 Å². The number of H-pyrrole nitrogens is 1. The minimum absolute atomic E-state index is 0.379. The number of nitrogens with zero attached hydrogens (tertiary/aromatic N) is 3. The largest absolute Gasteiger partial charge is 0.431 e. The number of hydrogen-bond acceptors (Lipinski definition) is 3. The van der Waals surface area contributed by atoms with Crippen LogP contribution in [0.4, 0.5) is 18.9 Å². The Morgan fingerprint density at radius 1 is 1.21 bits per heavy atom. The normalized spacial score (nSPS) is 17.3. The van der Waals surface area contributed by atoms with Gasteiger partial charge in [-0.15, -0.1) is 0 Å². The lowest BCUT2D eigenvalue weighted by atomic mass is 10.1. The van der Waals surface area contributed by atoms with Crippen molar-refractivity contribution in [2.24, 2.45) is 0 Å². The maximum atomic E-state index is 13.5. The number of hydrogen-bond donors (Lipinski definition) is 1. The summed E-state index contributed by atoms with van der Waals surface area (Å²) in [6, 6.07) is 6.21. The summed E-state index contributed by atoms with van der Waals surface area (Å²) in [7, 11) is 0. The molecule has 3 aromatic rings. The third-order valence-electron chi connectivity index (χ3n) is 4.56. The van der Waals surface area contributed by atoms with Gasteiger partial charge >= 0.3 is 6.18 Å². The lowest BCUT2D eigenvalue weighted by Crippen LogP contribution is -2.39. The van der Waals surface area contributed by atoms with Crippen molar-refractivity contribution in [3.63, 3.8) is 0 Å². The highest BCUT2D eigenvalue weighted by Gasteiger charge is 2.40. The van der Waals surface area contributed by atoms with Crippen molar-refractivity contribution >= 4 is 28.5 Å². The van der Waals surface area contributed by atoms with Gasteiger partial charge in [-0.1, -0.05) is 23.8 Å². The molecule has 0 saturated carbocycles. The fourth-order valence-corrected chi connectivity index (χ4v) is 3.48. The molecule has 28 heavy (non-hydrogen) atoms. The smallest absolute Gasteiger partial charge is 0.337 e. The molecule has 1 N–H and O–H groups in total. The van der Waals surface area contributed by atoms with E-state index in [9.17, 15) is 13.2 Å². The second kappa shape index (κ2) is 6.67. The number of alkyl halides is 3. The maximum Gasteiger partial charge on any atom is 0.431 e. The fourth-order valence-electron chi connectivity index (χ4n) is 3.28. The first-order valence-electron chi connectivity index (χ1n) is 8.61. The Hall–Kier alpha value is -2.80. The number of aromatic amines is 1. The molecule has 1 atom stereocenters. The van der Waals surface area contributed by atoms with E-state index in [-0.39, 0.29) is 0 Å². The van der Waals surface area contributed by atoms with E-state index in [1.54, 1.807) is 37.4 Å². The summed E-state index contributed by atoms with van der Waals surface area (Å²) < 4.78 is 40.6. The fraction of sp³-hybridized carbons (Fsp3) is 0.200. The molecular weight excluding hydrogens is 389 g/mol. The van der Waals surface area contributed by atoms with Gasteiger partial charge in [0.1, 0.15) is 11.5 Å². The average molecular weight is 405 g/mol. The van der Waals surface area contributed by atoms with Crippen LogP contribution in [0.25, 0.3) is 22.6 Å². The van der Waals surface area contributed by atoms with Crippen LogP contribution >= 0.6 is 11.6 Å². The Balaban J connectivity index is 1.82. The molecule has 8 heteroatoms. The van der Waals surface area contributed by atoms with Crippen molar-refractivity contribution in [3.8, 4) is 11.4 Å². The van der Waals surface area contributed by atoms with Gasteiger partial charge in [0.25, 0.3) is 0 Å². The van der Waals surface area contributed by atoms with Gasteiger partial charge in [-0.2, -0.15) is 13.2 Å². The number of anilines is 1. The van der Waals surface area contributed by atoms with Crippen molar-refractivity contribution in [1.29, 1.82) is 0 Å². The van der Waals surface area contributed by atoms with Gasteiger partial charge in [-0.3, -0.25) is 0 Å². The van der Waals surface area contributed by atoms with Crippen LogP contribution in [-0.2, 0) is 0 Å². The van der Waals surface area contributed by atoms with Crippen LogP contribution in [0, 0.1) is 6.92 Å². The molecule has 0 saturated heterocycles. The summed E-state index contributed by atoms with van der Waals surface area (Å²) in [5.74, 6) is 0.456. The predicted octanol–water partition coefficient (Wildman–Crippen LogP) is 5.80. The Labute approximate surface area is 164 Å². The first-order valence-corrected chi connectivity index (χ1v) is 8.99. The molecule has 0 aliphatic carbocycles. The van der Waals surface area contributed by atoms with Gasteiger partial charge in [-0.25, -0.2) is 9.97 Å². The molecule has 1 aliphatic rings. The predicted molar refractivity (Wildman–Crippen MR) is 104 cm³/mol. The van der Waals surface area contributed by atoms with Crippen LogP contribution in [0.3, 0.4) is 0 Å². The zero-order valence-electron chi connectivity index (χ0n) is 15.0. The minimum atomic E-state index is -4.47. The molecule has 0 bridgehead atoms. The van der Waals surface area contributed by atoms with Crippen LogP contribution in [0.5, 0.6) is 0 Å². The van der Waals surface area contributed by atoms with E-state index >= 15 is 0 Å². The van der Waals surface area contributed by atoms with Crippen LogP contribution < -0.4 is 4.90 Å². The molecule has 4 rings (SSSR count). The number of aromatic nitrogens is 3. The number of allylic oxidation sites excluding steroid dienone is 3. The van der Waals surface area contributed by atoms with Crippen molar-refractivity contribution in [3.05, 3.63) is 65.0 Å². The zero-order chi connectivity index (χ0) is 20.1. The van der Waals surface area contributed by atoms with Gasteiger partial charge in [0, 0.05) is 23.5 Å². The van der Waals surface area contributed by atoms with E-state index in [1.807, 2.05) is 13.0 Å². The standard InChI is InChI=1S/C20H16ClF3N4/c1-11-8-16-19(25-10-11)27-18(26-16)14-9-13(6-7-15(14)21)28-12(2)4-3-5-17(28)20(22,23)24/h3-10,12H,1-2H3,(H,25,26,27). The van der Waals surface area contributed by atoms with E-state index in [0.29, 0.717) is 27.7 Å². The summed E-state index contributed by atoms with van der Waals surface area (Å²) in [5.41, 5.74) is 2.39. The quantitative estimate of drug-likeness (QED) is 0.587. The maximum absolute atomic E-state index is 13.5. The first kappa shape index (κ1) is 18.6. The topological polar surface area (TPSA) is 44.8 Å². The highest BCUT2D eigenvalue weighted by molar-refractivity contribution is 6.33. The molecule has 0 fully saturated rings. The van der Waals surface area contributed by atoms with Crippen molar-refractivity contribution < 1.29 is 13.2 Å². The van der Waals surface area contributed by atoms with Crippen LogP contribution in [0.1, 0.15) is 12.5 Å². The lowest BCUT2D eigenvalue weighted by molar-refractivity contribution is -0.0939. The highest BCUT2D eigenvalue weighted by atomic mass is 35.5. The molecule has 1 aromatic carbocycles. The monoisotopic (exact) mass is 404 g/mol. The van der Waals surface area contributed by atoms with E-state index in [4.69, 9.17) is 11.6 Å². The zero-order valence-corrected chi connectivity index (χ0v) is 15.8.